The zero-order valence-electron chi connectivity index (χ0n) is 16.6. The number of carbonyl (C=O) groups excluding carboxylic acids is 1. The minimum absolute atomic E-state index is 0.00272. The number of carbonyl (C=O) groups is 1. The molecule has 0 fully saturated rings. The molecule has 144 valence electrons. The summed E-state index contributed by atoms with van der Waals surface area (Å²) in [5, 5.41) is 3.03. The Morgan fingerprint density at radius 3 is 2.59 bits per heavy atom. The predicted octanol–water partition coefficient (Wildman–Crippen LogP) is 5.49. The van der Waals surface area contributed by atoms with Crippen molar-refractivity contribution in [3.63, 3.8) is 0 Å². The number of amides is 1. The van der Waals surface area contributed by atoms with Crippen molar-refractivity contribution in [2.24, 2.45) is 0 Å². The second-order valence-electron chi connectivity index (χ2n) is 8.35. The van der Waals surface area contributed by atoms with Crippen LogP contribution in [0.25, 0.3) is 0 Å². The molecule has 1 atom stereocenters. The van der Waals surface area contributed by atoms with Crippen LogP contribution >= 0.6 is 15.9 Å². The van der Waals surface area contributed by atoms with Gasteiger partial charge in [0.25, 0.3) is 5.91 Å². The first-order chi connectivity index (χ1) is 12.7. The van der Waals surface area contributed by atoms with Gasteiger partial charge in [-0.2, -0.15) is 0 Å². The molecule has 0 bridgehead atoms. The molecular weight excluding hydrogens is 402 g/mol. The Hall–Kier alpha value is -1.81. The minimum Gasteiger partial charge on any atom is -0.483 e. The van der Waals surface area contributed by atoms with Crippen molar-refractivity contribution < 1.29 is 9.53 Å². The summed E-state index contributed by atoms with van der Waals surface area (Å²) in [6.45, 7) is 8.53. The first-order valence-corrected chi connectivity index (χ1v) is 10.4. The molecule has 0 heterocycles. The van der Waals surface area contributed by atoms with E-state index in [-0.39, 0.29) is 24.0 Å². The van der Waals surface area contributed by atoms with E-state index in [0.717, 1.165) is 16.5 Å². The molecule has 27 heavy (non-hydrogen) atoms. The molecule has 1 aliphatic carbocycles. The lowest BCUT2D eigenvalue weighted by molar-refractivity contribution is -0.123. The van der Waals surface area contributed by atoms with Crippen molar-refractivity contribution in [2.75, 3.05) is 6.61 Å². The molecule has 2 aromatic rings. The summed E-state index contributed by atoms with van der Waals surface area (Å²) in [4.78, 5) is 12.3. The van der Waals surface area contributed by atoms with Crippen molar-refractivity contribution in [1.29, 1.82) is 0 Å². The Morgan fingerprint density at radius 2 is 1.89 bits per heavy atom. The number of hydrogen-bond acceptors (Lipinski definition) is 2. The molecule has 1 aliphatic rings. The van der Waals surface area contributed by atoms with Gasteiger partial charge >= 0.3 is 0 Å². The zero-order valence-corrected chi connectivity index (χ0v) is 18.2. The van der Waals surface area contributed by atoms with Gasteiger partial charge in [-0.05, 0) is 81.9 Å². The van der Waals surface area contributed by atoms with E-state index in [4.69, 9.17) is 4.74 Å². The Balaban J connectivity index is 1.56. The van der Waals surface area contributed by atoms with Crippen LogP contribution in [0.4, 0.5) is 0 Å². The van der Waals surface area contributed by atoms with E-state index in [1.807, 2.05) is 19.1 Å². The van der Waals surface area contributed by atoms with Crippen LogP contribution in [0, 0.1) is 0 Å². The normalized spacial score (nSPS) is 14.6. The largest absolute Gasteiger partial charge is 0.483 e. The molecule has 0 saturated carbocycles. The van der Waals surface area contributed by atoms with E-state index >= 15 is 0 Å². The first-order valence-electron chi connectivity index (χ1n) is 9.58. The van der Waals surface area contributed by atoms with Gasteiger partial charge in [0.1, 0.15) is 5.75 Å². The second-order valence-corrected chi connectivity index (χ2v) is 9.21. The van der Waals surface area contributed by atoms with E-state index in [1.165, 1.54) is 29.5 Å². The maximum Gasteiger partial charge on any atom is 0.258 e. The molecule has 3 rings (SSSR count). The highest BCUT2D eigenvalue weighted by Crippen LogP contribution is 2.31. The fourth-order valence-corrected chi connectivity index (χ4v) is 3.95. The van der Waals surface area contributed by atoms with Crippen molar-refractivity contribution in [3.05, 3.63) is 63.1 Å². The van der Waals surface area contributed by atoms with E-state index in [9.17, 15) is 4.79 Å². The van der Waals surface area contributed by atoms with Crippen molar-refractivity contribution >= 4 is 21.8 Å². The third-order valence-electron chi connectivity index (χ3n) is 5.16. The maximum absolute atomic E-state index is 12.3. The SMILES string of the molecule is CC(NC(=O)COc1ccc(C(C)(C)C)cc1Br)c1ccc2c(c1)CCC2. The van der Waals surface area contributed by atoms with E-state index in [1.54, 1.807) is 0 Å². The van der Waals surface area contributed by atoms with Crippen LogP contribution < -0.4 is 10.1 Å². The Morgan fingerprint density at radius 1 is 1.15 bits per heavy atom. The van der Waals surface area contributed by atoms with Crippen LogP contribution in [-0.4, -0.2) is 12.5 Å². The van der Waals surface area contributed by atoms with Gasteiger partial charge in [-0.3, -0.25) is 4.79 Å². The zero-order chi connectivity index (χ0) is 19.6. The summed E-state index contributed by atoms with van der Waals surface area (Å²) in [5.41, 5.74) is 5.32. The lowest BCUT2D eigenvalue weighted by Gasteiger charge is -2.20. The molecule has 2 aromatic carbocycles. The van der Waals surface area contributed by atoms with Crippen molar-refractivity contribution in [3.8, 4) is 5.75 Å². The number of fused-ring (bicyclic) bond motifs is 1. The summed E-state index contributed by atoms with van der Waals surface area (Å²) in [7, 11) is 0. The van der Waals surface area contributed by atoms with Gasteiger partial charge in [0, 0.05) is 0 Å². The van der Waals surface area contributed by atoms with Gasteiger partial charge < -0.3 is 10.1 Å². The van der Waals surface area contributed by atoms with Crippen molar-refractivity contribution in [1.82, 2.24) is 5.32 Å². The highest BCUT2D eigenvalue weighted by atomic mass is 79.9. The fraction of sp³-hybridized carbons (Fsp3) is 0.435. The number of aryl methyl sites for hydroxylation is 2. The molecule has 1 amide bonds. The molecule has 0 saturated heterocycles. The molecule has 0 spiro atoms. The summed E-state index contributed by atoms with van der Waals surface area (Å²) in [5.74, 6) is 0.568. The number of ether oxygens (including phenoxy) is 1. The average Bonchev–Trinajstić information content (AvgIpc) is 3.07. The summed E-state index contributed by atoms with van der Waals surface area (Å²) < 4.78 is 6.59. The Kier molecular flexibility index (Phi) is 5.95. The molecular formula is C23H28BrNO2. The van der Waals surface area contributed by atoms with Gasteiger partial charge in [0.15, 0.2) is 6.61 Å². The van der Waals surface area contributed by atoms with E-state index < -0.39 is 0 Å². The minimum atomic E-state index is -0.116. The highest BCUT2D eigenvalue weighted by Gasteiger charge is 2.17. The van der Waals surface area contributed by atoms with Crippen LogP contribution in [0.3, 0.4) is 0 Å². The van der Waals surface area contributed by atoms with E-state index in [2.05, 4.69) is 66.3 Å². The summed E-state index contributed by atoms with van der Waals surface area (Å²) in [6, 6.07) is 12.5. The first kappa shape index (κ1) is 19.9. The Bertz CT molecular complexity index is 839. The number of halogens is 1. The fourth-order valence-electron chi connectivity index (χ4n) is 3.46. The van der Waals surface area contributed by atoms with Gasteiger partial charge in [-0.1, -0.05) is 45.0 Å². The predicted molar refractivity (Wildman–Crippen MR) is 113 cm³/mol. The monoisotopic (exact) mass is 429 g/mol. The highest BCUT2D eigenvalue weighted by molar-refractivity contribution is 9.10. The number of benzene rings is 2. The van der Waals surface area contributed by atoms with Crippen LogP contribution in [0.1, 0.15) is 62.4 Å². The Labute approximate surface area is 170 Å². The van der Waals surface area contributed by atoms with Gasteiger partial charge in [0.05, 0.1) is 10.5 Å². The number of nitrogens with one attached hydrogen (secondary N) is 1. The van der Waals surface area contributed by atoms with Crippen LogP contribution in [0.2, 0.25) is 0 Å². The van der Waals surface area contributed by atoms with Crippen LogP contribution in [-0.2, 0) is 23.1 Å². The van der Waals surface area contributed by atoms with Gasteiger partial charge in [-0.25, -0.2) is 0 Å². The van der Waals surface area contributed by atoms with E-state index in [0.29, 0.717) is 5.75 Å². The second kappa shape index (κ2) is 8.05. The molecule has 0 aromatic heterocycles. The maximum atomic E-state index is 12.3. The molecule has 1 N–H and O–H groups in total. The topological polar surface area (TPSA) is 38.3 Å². The molecule has 4 heteroatoms. The number of hydrogen-bond donors (Lipinski definition) is 1. The quantitative estimate of drug-likeness (QED) is 0.681. The standard InChI is InChI=1S/C23H28BrNO2/c1-15(17-9-8-16-6-5-7-18(16)12-17)25-22(26)14-27-21-11-10-19(13-20(21)24)23(2,3)4/h8-13,15H,5-7,14H2,1-4H3,(H,25,26). The molecule has 3 nitrogen and oxygen atoms in total. The summed E-state index contributed by atoms with van der Waals surface area (Å²) in [6.07, 6.45) is 3.55. The average molecular weight is 430 g/mol. The van der Waals surface area contributed by atoms with Crippen LogP contribution in [0.5, 0.6) is 5.75 Å². The third-order valence-corrected chi connectivity index (χ3v) is 5.78. The third kappa shape index (κ3) is 4.92. The van der Waals surface area contributed by atoms with Crippen LogP contribution in [0.15, 0.2) is 40.9 Å². The number of rotatable bonds is 5. The molecule has 1 unspecified atom stereocenters. The molecule has 0 radical (unpaired) electrons. The lowest BCUT2D eigenvalue weighted by Crippen LogP contribution is -2.31. The lowest BCUT2D eigenvalue weighted by atomic mass is 9.87. The van der Waals surface area contributed by atoms with Crippen molar-refractivity contribution in [2.45, 2.75) is 58.4 Å². The smallest absolute Gasteiger partial charge is 0.258 e. The van der Waals surface area contributed by atoms with Gasteiger partial charge in [-0.15, -0.1) is 0 Å². The molecule has 0 aliphatic heterocycles. The summed E-state index contributed by atoms with van der Waals surface area (Å²) >= 11 is 3.55. The van der Waals surface area contributed by atoms with Gasteiger partial charge in [0.2, 0.25) is 0 Å².